The molecule has 0 radical (unpaired) electrons. The molecule has 0 spiro atoms. The number of rotatable bonds is 5. The SMILES string of the molecule is CC(C)(C)c1ccc(SCC(=O)N(c2ccccc2)[C@@H]2CCS(=O)(=O)C2)cc1. The van der Waals surface area contributed by atoms with Gasteiger partial charge in [-0.15, -0.1) is 11.8 Å². The highest BCUT2D eigenvalue weighted by Crippen LogP contribution is 2.28. The lowest BCUT2D eigenvalue weighted by atomic mass is 9.87. The maximum absolute atomic E-state index is 13.1. The van der Waals surface area contributed by atoms with Gasteiger partial charge < -0.3 is 4.90 Å². The normalized spacial score (nSPS) is 18.8. The van der Waals surface area contributed by atoms with Crippen LogP contribution in [0.1, 0.15) is 32.8 Å². The van der Waals surface area contributed by atoms with Gasteiger partial charge in [-0.25, -0.2) is 8.42 Å². The third kappa shape index (κ3) is 5.17. The first-order valence-electron chi connectivity index (χ1n) is 9.47. The number of nitrogens with zero attached hydrogens (tertiary/aromatic N) is 1. The van der Waals surface area contributed by atoms with Crippen molar-refractivity contribution in [2.45, 2.75) is 43.5 Å². The Morgan fingerprint density at radius 2 is 1.71 bits per heavy atom. The van der Waals surface area contributed by atoms with Gasteiger partial charge >= 0.3 is 0 Å². The van der Waals surface area contributed by atoms with Crippen LogP contribution < -0.4 is 4.90 Å². The van der Waals surface area contributed by atoms with E-state index in [9.17, 15) is 13.2 Å². The lowest BCUT2D eigenvalue weighted by molar-refractivity contribution is -0.116. The molecule has 4 nitrogen and oxygen atoms in total. The number of sulfone groups is 1. The average Bonchev–Trinajstić information content (AvgIpc) is 3.00. The second kappa shape index (κ2) is 8.29. The van der Waals surface area contributed by atoms with Crippen molar-refractivity contribution in [3.8, 4) is 0 Å². The molecule has 0 N–H and O–H groups in total. The molecule has 0 unspecified atom stereocenters. The molecular weight excluding hydrogens is 390 g/mol. The number of hydrogen-bond acceptors (Lipinski definition) is 4. The van der Waals surface area contributed by atoms with E-state index in [4.69, 9.17) is 0 Å². The van der Waals surface area contributed by atoms with Gasteiger partial charge in [0.05, 0.1) is 23.3 Å². The van der Waals surface area contributed by atoms with E-state index in [0.29, 0.717) is 6.42 Å². The van der Waals surface area contributed by atoms with Crippen LogP contribution in [0.3, 0.4) is 0 Å². The summed E-state index contributed by atoms with van der Waals surface area (Å²) < 4.78 is 23.9. The molecule has 2 aromatic carbocycles. The van der Waals surface area contributed by atoms with E-state index in [2.05, 4.69) is 32.9 Å². The third-order valence-corrected chi connectivity index (χ3v) is 7.71. The third-order valence-electron chi connectivity index (χ3n) is 4.96. The zero-order valence-electron chi connectivity index (χ0n) is 16.6. The fourth-order valence-electron chi connectivity index (χ4n) is 3.39. The average molecular weight is 418 g/mol. The van der Waals surface area contributed by atoms with Gasteiger partial charge in [0, 0.05) is 10.6 Å². The highest BCUT2D eigenvalue weighted by molar-refractivity contribution is 8.00. The molecule has 1 heterocycles. The summed E-state index contributed by atoms with van der Waals surface area (Å²) in [6.07, 6.45) is 0.494. The Balaban J connectivity index is 1.73. The minimum atomic E-state index is -3.07. The number of para-hydroxylation sites is 1. The number of amides is 1. The summed E-state index contributed by atoms with van der Waals surface area (Å²) in [5.41, 5.74) is 2.11. The summed E-state index contributed by atoms with van der Waals surface area (Å²) in [4.78, 5) is 15.8. The van der Waals surface area contributed by atoms with E-state index in [0.717, 1.165) is 10.6 Å². The molecular formula is C22H27NO3S2. The highest BCUT2D eigenvalue weighted by Gasteiger charge is 2.35. The summed E-state index contributed by atoms with van der Waals surface area (Å²) in [6.45, 7) is 6.52. The number of thioether (sulfide) groups is 1. The molecule has 1 atom stereocenters. The molecule has 2 aromatic rings. The van der Waals surface area contributed by atoms with Crippen LogP contribution in [-0.4, -0.2) is 37.6 Å². The molecule has 0 aromatic heterocycles. The lowest BCUT2D eigenvalue weighted by Crippen LogP contribution is -2.42. The molecule has 1 saturated heterocycles. The van der Waals surface area contributed by atoms with Crippen LogP contribution in [0.2, 0.25) is 0 Å². The number of carbonyl (C=O) groups excluding carboxylic acids is 1. The van der Waals surface area contributed by atoms with E-state index in [-0.39, 0.29) is 34.6 Å². The first-order chi connectivity index (χ1) is 13.2. The van der Waals surface area contributed by atoms with Crippen molar-refractivity contribution in [2.75, 3.05) is 22.2 Å². The largest absolute Gasteiger partial charge is 0.308 e. The topological polar surface area (TPSA) is 54.5 Å². The fourth-order valence-corrected chi connectivity index (χ4v) is 5.85. The number of benzene rings is 2. The summed E-state index contributed by atoms with van der Waals surface area (Å²) in [5.74, 6) is 0.410. The molecule has 1 amide bonds. The van der Waals surface area contributed by atoms with Crippen molar-refractivity contribution in [3.05, 3.63) is 60.2 Å². The van der Waals surface area contributed by atoms with Gasteiger partial charge in [-0.1, -0.05) is 51.1 Å². The van der Waals surface area contributed by atoms with Gasteiger partial charge in [-0.2, -0.15) is 0 Å². The second-order valence-electron chi connectivity index (χ2n) is 8.22. The van der Waals surface area contributed by atoms with E-state index >= 15 is 0 Å². The summed E-state index contributed by atoms with van der Waals surface area (Å²) >= 11 is 1.49. The monoisotopic (exact) mass is 417 g/mol. The minimum absolute atomic E-state index is 0.0403. The second-order valence-corrected chi connectivity index (χ2v) is 11.5. The van der Waals surface area contributed by atoms with Gasteiger partial charge in [0.2, 0.25) is 5.91 Å². The van der Waals surface area contributed by atoms with Gasteiger partial charge in [0.25, 0.3) is 0 Å². The first-order valence-corrected chi connectivity index (χ1v) is 12.3. The molecule has 1 aliphatic rings. The van der Waals surface area contributed by atoms with E-state index in [1.54, 1.807) is 4.90 Å². The summed E-state index contributed by atoms with van der Waals surface area (Å²) in [6, 6.07) is 17.4. The Morgan fingerprint density at radius 3 is 2.25 bits per heavy atom. The quantitative estimate of drug-likeness (QED) is 0.681. The van der Waals surface area contributed by atoms with Gasteiger partial charge in [-0.05, 0) is 41.7 Å². The van der Waals surface area contributed by atoms with Crippen molar-refractivity contribution in [1.29, 1.82) is 0 Å². The zero-order valence-corrected chi connectivity index (χ0v) is 18.2. The standard InChI is InChI=1S/C22H27NO3S2/c1-22(2,3)17-9-11-20(12-10-17)27-15-21(24)23(18-7-5-4-6-8-18)19-13-14-28(25,26)16-19/h4-12,19H,13-16H2,1-3H3/t19-/m1/s1. The Kier molecular flexibility index (Phi) is 6.20. The molecule has 28 heavy (non-hydrogen) atoms. The zero-order chi connectivity index (χ0) is 20.4. The minimum Gasteiger partial charge on any atom is -0.308 e. The van der Waals surface area contributed by atoms with E-state index in [1.165, 1.54) is 17.3 Å². The van der Waals surface area contributed by atoms with Crippen molar-refractivity contribution in [3.63, 3.8) is 0 Å². The number of anilines is 1. The maximum Gasteiger partial charge on any atom is 0.237 e. The van der Waals surface area contributed by atoms with E-state index < -0.39 is 9.84 Å². The predicted octanol–water partition coefficient (Wildman–Crippen LogP) is 4.30. The maximum atomic E-state index is 13.1. The number of carbonyl (C=O) groups is 1. The summed E-state index contributed by atoms with van der Waals surface area (Å²) in [7, 11) is -3.07. The molecule has 1 aliphatic heterocycles. The molecule has 1 fully saturated rings. The van der Waals surface area contributed by atoms with Crippen molar-refractivity contribution < 1.29 is 13.2 Å². The van der Waals surface area contributed by atoms with Crippen LogP contribution in [0.4, 0.5) is 5.69 Å². The lowest BCUT2D eigenvalue weighted by Gasteiger charge is -2.28. The predicted molar refractivity (Wildman–Crippen MR) is 117 cm³/mol. The van der Waals surface area contributed by atoms with Gasteiger partial charge in [0.15, 0.2) is 9.84 Å². The van der Waals surface area contributed by atoms with Crippen LogP contribution in [0, 0.1) is 0 Å². The molecule has 0 bridgehead atoms. The Morgan fingerprint density at radius 1 is 1.07 bits per heavy atom. The Hall–Kier alpha value is -1.79. The van der Waals surface area contributed by atoms with E-state index in [1.807, 2.05) is 42.5 Å². The van der Waals surface area contributed by atoms with Crippen molar-refractivity contribution in [2.24, 2.45) is 0 Å². The van der Waals surface area contributed by atoms with Crippen molar-refractivity contribution in [1.82, 2.24) is 0 Å². The van der Waals surface area contributed by atoms with Crippen LogP contribution in [0.15, 0.2) is 59.5 Å². The highest BCUT2D eigenvalue weighted by atomic mass is 32.2. The molecule has 3 rings (SSSR count). The van der Waals surface area contributed by atoms with Crippen LogP contribution in [0.25, 0.3) is 0 Å². The molecule has 0 aliphatic carbocycles. The molecule has 0 saturated carbocycles. The molecule has 150 valence electrons. The van der Waals surface area contributed by atoms with Gasteiger partial charge in [-0.3, -0.25) is 4.79 Å². The van der Waals surface area contributed by atoms with Gasteiger partial charge in [0.1, 0.15) is 0 Å². The first kappa shape index (κ1) is 20.9. The van der Waals surface area contributed by atoms with Crippen molar-refractivity contribution >= 4 is 33.2 Å². The Labute approximate surface area is 172 Å². The summed E-state index contributed by atoms with van der Waals surface area (Å²) in [5, 5.41) is 0. The fraction of sp³-hybridized carbons (Fsp3) is 0.409. The van der Waals surface area contributed by atoms with Crippen LogP contribution in [-0.2, 0) is 20.0 Å². The number of hydrogen-bond donors (Lipinski definition) is 0. The Bertz CT molecular complexity index is 917. The van der Waals surface area contributed by atoms with Crippen LogP contribution >= 0.6 is 11.8 Å². The van der Waals surface area contributed by atoms with Crippen LogP contribution in [0.5, 0.6) is 0 Å². The smallest absolute Gasteiger partial charge is 0.237 e. The molecule has 6 heteroatoms.